The Bertz CT molecular complexity index is 1150. The number of thiophene rings is 1. The Morgan fingerprint density at radius 2 is 1.73 bits per heavy atom. The molecule has 2 fully saturated rings. The third-order valence-electron chi connectivity index (χ3n) is 7.41. The summed E-state index contributed by atoms with van der Waals surface area (Å²) in [4.78, 5) is 44.7. The first-order chi connectivity index (χ1) is 17.6. The summed E-state index contributed by atoms with van der Waals surface area (Å²) in [7, 11) is 0. The van der Waals surface area contributed by atoms with Crippen LogP contribution in [0.2, 0.25) is 0 Å². The van der Waals surface area contributed by atoms with E-state index in [-0.39, 0.29) is 17.8 Å². The molecule has 1 aromatic heterocycles. The van der Waals surface area contributed by atoms with Crippen LogP contribution in [0.4, 0.5) is 14.2 Å². The van der Waals surface area contributed by atoms with E-state index in [2.05, 4.69) is 15.5 Å². The van der Waals surface area contributed by atoms with E-state index in [1.165, 1.54) is 11.3 Å². The lowest BCUT2D eigenvalue weighted by atomic mass is 9.91. The third kappa shape index (κ3) is 5.90. The molecule has 2 aliphatic heterocycles. The number of aryl methyl sites for hydroxylation is 1. The first-order valence-electron chi connectivity index (χ1n) is 13.1. The predicted octanol–water partition coefficient (Wildman–Crippen LogP) is 4.10. The van der Waals surface area contributed by atoms with Crippen LogP contribution in [0.15, 0.2) is 18.2 Å². The van der Waals surface area contributed by atoms with Crippen LogP contribution >= 0.6 is 11.3 Å². The smallest absolute Gasteiger partial charge is 0.319 e. The van der Waals surface area contributed by atoms with Gasteiger partial charge in [0.05, 0.1) is 11.0 Å². The van der Waals surface area contributed by atoms with Gasteiger partial charge in [-0.05, 0) is 52.2 Å². The number of piperidine rings is 1. The van der Waals surface area contributed by atoms with Gasteiger partial charge in [0.15, 0.2) is 0 Å². The van der Waals surface area contributed by atoms with Crippen molar-refractivity contribution in [3.8, 4) is 0 Å². The van der Waals surface area contributed by atoms with E-state index in [9.17, 15) is 18.8 Å². The van der Waals surface area contributed by atoms with Gasteiger partial charge in [-0.3, -0.25) is 19.8 Å². The molecule has 2 aliphatic rings. The molecule has 2 saturated heterocycles. The summed E-state index contributed by atoms with van der Waals surface area (Å²) in [5.74, 6) is -0.172. The minimum Gasteiger partial charge on any atom is -0.342 e. The molecule has 0 bridgehead atoms. The van der Waals surface area contributed by atoms with E-state index in [4.69, 9.17) is 0 Å². The molecule has 0 atom stereocenters. The molecule has 3 heterocycles. The predicted molar refractivity (Wildman–Crippen MR) is 146 cm³/mol. The fourth-order valence-corrected chi connectivity index (χ4v) is 6.37. The molecule has 0 aliphatic carbocycles. The van der Waals surface area contributed by atoms with Gasteiger partial charge in [-0.2, -0.15) is 0 Å². The van der Waals surface area contributed by atoms with Crippen molar-refractivity contribution in [2.24, 2.45) is 5.41 Å². The molecule has 0 unspecified atom stereocenters. The summed E-state index contributed by atoms with van der Waals surface area (Å²) in [6.45, 7) is 11.1. The minimum atomic E-state index is -0.964. The number of anilines is 1. The fraction of sp³-hybridized carbons (Fsp3) is 0.593. The summed E-state index contributed by atoms with van der Waals surface area (Å²) < 4.78 is 14.2. The highest BCUT2D eigenvalue weighted by Crippen LogP contribution is 2.37. The number of fused-ring (bicyclic) bond motifs is 1. The van der Waals surface area contributed by atoms with E-state index >= 15 is 0 Å². The zero-order valence-corrected chi connectivity index (χ0v) is 23.0. The third-order valence-corrected chi connectivity index (χ3v) is 8.47. The second-order valence-electron chi connectivity index (χ2n) is 10.7. The SMILES string of the molecule is CCNC(=O)Nc1sc2cc(C)ccc2c1C(=O)N1CCN(C2CCN(C(=O)C(C)(C)CF)CC2)CC1. The average Bonchev–Trinajstić information content (AvgIpc) is 3.24. The van der Waals surface area contributed by atoms with Gasteiger partial charge in [-0.1, -0.05) is 12.1 Å². The van der Waals surface area contributed by atoms with Crippen LogP contribution < -0.4 is 10.6 Å². The van der Waals surface area contributed by atoms with E-state index in [0.717, 1.165) is 41.6 Å². The Morgan fingerprint density at radius 1 is 1.05 bits per heavy atom. The van der Waals surface area contributed by atoms with Crippen LogP contribution in [0.3, 0.4) is 0 Å². The average molecular weight is 532 g/mol. The van der Waals surface area contributed by atoms with Gasteiger partial charge < -0.3 is 15.1 Å². The lowest BCUT2D eigenvalue weighted by Gasteiger charge is -2.43. The Kier molecular flexibility index (Phi) is 8.38. The van der Waals surface area contributed by atoms with E-state index in [1.54, 1.807) is 18.7 Å². The maximum Gasteiger partial charge on any atom is 0.319 e. The van der Waals surface area contributed by atoms with Crippen LogP contribution in [-0.2, 0) is 4.79 Å². The van der Waals surface area contributed by atoms with Crippen molar-refractivity contribution in [1.29, 1.82) is 0 Å². The first kappa shape index (κ1) is 27.3. The van der Waals surface area contributed by atoms with Crippen molar-refractivity contribution < 1.29 is 18.8 Å². The highest BCUT2D eigenvalue weighted by atomic mass is 32.1. The summed E-state index contributed by atoms with van der Waals surface area (Å²) in [6.07, 6.45) is 1.72. The number of benzene rings is 1. The molecule has 1 aromatic carbocycles. The van der Waals surface area contributed by atoms with Crippen molar-refractivity contribution in [2.75, 3.05) is 57.8 Å². The van der Waals surface area contributed by atoms with Gasteiger partial charge in [-0.15, -0.1) is 11.3 Å². The molecule has 2 N–H and O–H groups in total. The number of hydrogen-bond acceptors (Lipinski definition) is 5. The van der Waals surface area contributed by atoms with E-state index in [0.29, 0.717) is 49.3 Å². The molecule has 37 heavy (non-hydrogen) atoms. The first-order valence-corrected chi connectivity index (χ1v) is 13.9. The fourth-order valence-electron chi connectivity index (χ4n) is 5.18. The number of carbonyl (C=O) groups excluding carboxylic acids is 3. The molecule has 10 heteroatoms. The van der Waals surface area contributed by atoms with Gasteiger partial charge in [-0.25, -0.2) is 9.18 Å². The molecule has 2 aromatic rings. The molecule has 0 spiro atoms. The minimum absolute atomic E-state index is 0.0598. The number of rotatable bonds is 6. The van der Waals surface area contributed by atoms with Crippen LogP contribution in [-0.4, -0.2) is 91.1 Å². The lowest BCUT2D eigenvalue weighted by molar-refractivity contribution is -0.142. The maximum absolute atomic E-state index is 13.7. The van der Waals surface area contributed by atoms with Crippen LogP contribution in [0.1, 0.15) is 49.5 Å². The van der Waals surface area contributed by atoms with E-state index < -0.39 is 12.1 Å². The Labute approximate surface area is 222 Å². The van der Waals surface area contributed by atoms with Gasteiger partial charge >= 0.3 is 6.03 Å². The summed E-state index contributed by atoms with van der Waals surface area (Å²) in [5.41, 5.74) is 0.697. The van der Waals surface area contributed by atoms with Crippen molar-refractivity contribution in [2.45, 2.75) is 46.6 Å². The van der Waals surface area contributed by atoms with Crippen LogP contribution in [0.5, 0.6) is 0 Å². The number of alkyl halides is 1. The second kappa shape index (κ2) is 11.3. The zero-order valence-electron chi connectivity index (χ0n) is 22.2. The molecule has 0 saturated carbocycles. The Balaban J connectivity index is 1.40. The number of nitrogens with one attached hydrogen (secondary N) is 2. The molecular weight excluding hydrogens is 493 g/mol. The molecule has 202 valence electrons. The summed E-state index contributed by atoms with van der Waals surface area (Å²) in [6, 6.07) is 6.04. The molecule has 0 radical (unpaired) electrons. The highest BCUT2D eigenvalue weighted by Gasteiger charge is 2.36. The van der Waals surface area contributed by atoms with Crippen molar-refractivity contribution in [3.63, 3.8) is 0 Å². The zero-order chi connectivity index (χ0) is 26.7. The normalized spacial score (nSPS) is 17.8. The number of carbonyl (C=O) groups is 3. The molecule has 4 amide bonds. The quantitative estimate of drug-likeness (QED) is 0.588. The number of amides is 4. The van der Waals surface area contributed by atoms with Gasteiger partial charge in [0.25, 0.3) is 5.91 Å². The van der Waals surface area contributed by atoms with Crippen molar-refractivity contribution in [1.82, 2.24) is 20.0 Å². The summed E-state index contributed by atoms with van der Waals surface area (Å²) in [5, 5.41) is 7.06. The van der Waals surface area contributed by atoms with Crippen LogP contribution in [0.25, 0.3) is 10.1 Å². The van der Waals surface area contributed by atoms with Crippen molar-refractivity contribution in [3.05, 3.63) is 29.3 Å². The number of urea groups is 1. The van der Waals surface area contributed by atoms with E-state index in [1.807, 2.05) is 36.9 Å². The van der Waals surface area contributed by atoms with Gasteiger partial charge in [0.1, 0.15) is 11.7 Å². The highest BCUT2D eigenvalue weighted by molar-refractivity contribution is 7.23. The van der Waals surface area contributed by atoms with Gasteiger partial charge in [0, 0.05) is 61.9 Å². The Morgan fingerprint density at radius 3 is 2.35 bits per heavy atom. The van der Waals surface area contributed by atoms with Crippen LogP contribution in [0, 0.1) is 12.3 Å². The Hall–Kier alpha value is -2.72. The van der Waals surface area contributed by atoms with Crippen molar-refractivity contribution >= 4 is 44.3 Å². The number of hydrogen-bond donors (Lipinski definition) is 2. The number of nitrogens with zero attached hydrogens (tertiary/aromatic N) is 3. The molecular formula is C27H38FN5O3S. The number of piperazine rings is 1. The summed E-state index contributed by atoms with van der Waals surface area (Å²) >= 11 is 1.43. The van der Waals surface area contributed by atoms with Gasteiger partial charge in [0.2, 0.25) is 5.91 Å². The number of halogens is 1. The maximum atomic E-state index is 13.7. The molecule has 8 nitrogen and oxygen atoms in total. The monoisotopic (exact) mass is 531 g/mol. The molecule has 4 rings (SSSR count). The second-order valence-corrected chi connectivity index (χ2v) is 11.7. The number of likely N-dealkylation sites (tertiary alicyclic amines) is 1. The standard InChI is InChI=1S/C27H38FN5O3S/c1-5-29-26(36)30-23-22(20-7-6-18(2)16-21(20)37-23)24(34)32-14-12-31(13-15-32)19-8-10-33(11-9-19)25(35)27(3,4)17-28/h6-7,16,19H,5,8-15,17H2,1-4H3,(H2,29,30,36). The topological polar surface area (TPSA) is 85.0 Å². The lowest BCUT2D eigenvalue weighted by Crippen LogP contribution is -2.55. The largest absolute Gasteiger partial charge is 0.342 e.